The predicted molar refractivity (Wildman–Crippen MR) is 132 cm³/mol. The molecular weight excluding hydrogens is 453 g/mol. The third-order valence-electron chi connectivity index (χ3n) is 4.77. The van der Waals surface area contributed by atoms with Crippen LogP contribution in [0.15, 0.2) is 93.9 Å². The number of amides is 1. The molecule has 0 saturated carbocycles. The molecule has 0 radical (unpaired) electrons. The van der Waals surface area contributed by atoms with Crippen molar-refractivity contribution in [1.29, 1.82) is 0 Å². The number of aromatic nitrogens is 2. The van der Waals surface area contributed by atoms with E-state index in [1.165, 1.54) is 41.2 Å². The number of anilines is 1. The van der Waals surface area contributed by atoms with Gasteiger partial charge in [0.2, 0.25) is 0 Å². The Morgan fingerprint density at radius 1 is 0.970 bits per heavy atom. The van der Waals surface area contributed by atoms with Gasteiger partial charge in [-0.2, -0.15) is 0 Å². The number of benzene rings is 3. The van der Waals surface area contributed by atoms with Gasteiger partial charge in [0, 0.05) is 16.8 Å². The Morgan fingerprint density at radius 3 is 2.52 bits per heavy atom. The van der Waals surface area contributed by atoms with Crippen LogP contribution in [0, 0.1) is 19.7 Å². The summed E-state index contributed by atoms with van der Waals surface area (Å²) in [5, 5.41) is 3.13. The second kappa shape index (κ2) is 10.6. The van der Waals surface area contributed by atoms with Crippen LogP contribution in [-0.4, -0.2) is 15.9 Å². The molecule has 1 heterocycles. The van der Waals surface area contributed by atoms with Crippen molar-refractivity contribution < 1.29 is 9.18 Å². The maximum Gasteiger partial charge on any atom is 0.275 e. The number of nitrogens with one attached hydrogen (secondary N) is 1. The monoisotopic (exact) mass is 475 g/mol. The number of hydrogen-bond donors (Lipinski definition) is 1. The van der Waals surface area contributed by atoms with Gasteiger partial charge in [-0.1, -0.05) is 83.2 Å². The first kappa shape index (κ1) is 23.0. The fourth-order valence-corrected chi connectivity index (χ4v) is 4.71. The minimum Gasteiger partial charge on any atom is -0.318 e. The summed E-state index contributed by atoms with van der Waals surface area (Å²) in [4.78, 5) is 23.7. The number of hydrogen-bond acceptors (Lipinski definition) is 5. The maximum absolute atomic E-state index is 14.1. The second-order valence-corrected chi connectivity index (χ2v) is 9.55. The van der Waals surface area contributed by atoms with E-state index in [9.17, 15) is 9.18 Å². The lowest BCUT2D eigenvalue weighted by molar-refractivity contribution is 0.101. The summed E-state index contributed by atoms with van der Waals surface area (Å²) in [6.45, 7) is 4.07. The molecule has 4 aromatic rings. The van der Waals surface area contributed by atoms with E-state index in [4.69, 9.17) is 0 Å². The lowest BCUT2D eigenvalue weighted by atomic mass is 10.2. The number of aryl methyl sites for hydroxylation is 2. The van der Waals surface area contributed by atoms with E-state index in [0.29, 0.717) is 15.8 Å². The first-order valence-corrected chi connectivity index (χ1v) is 12.1. The molecule has 1 aromatic heterocycles. The van der Waals surface area contributed by atoms with Crippen molar-refractivity contribution in [1.82, 2.24) is 9.97 Å². The summed E-state index contributed by atoms with van der Waals surface area (Å²) < 4.78 is 14.1. The topological polar surface area (TPSA) is 54.9 Å². The van der Waals surface area contributed by atoms with Crippen LogP contribution in [0.1, 0.15) is 27.2 Å². The zero-order valence-corrected chi connectivity index (χ0v) is 19.8. The molecule has 166 valence electrons. The average molecular weight is 476 g/mol. The molecule has 0 fully saturated rings. The van der Waals surface area contributed by atoms with Gasteiger partial charge in [0.15, 0.2) is 5.16 Å². The van der Waals surface area contributed by atoms with Crippen molar-refractivity contribution in [3.8, 4) is 0 Å². The molecule has 3 aromatic carbocycles. The van der Waals surface area contributed by atoms with E-state index >= 15 is 0 Å². The van der Waals surface area contributed by atoms with E-state index in [1.807, 2.05) is 56.3 Å². The van der Waals surface area contributed by atoms with Crippen LogP contribution in [0.5, 0.6) is 0 Å². The summed E-state index contributed by atoms with van der Waals surface area (Å²) in [7, 11) is 0. The van der Waals surface area contributed by atoms with E-state index < -0.39 is 11.7 Å². The van der Waals surface area contributed by atoms with E-state index in [2.05, 4.69) is 21.4 Å². The Balaban J connectivity index is 1.61. The van der Waals surface area contributed by atoms with Crippen molar-refractivity contribution in [3.63, 3.8) is 0 Å². The maximum atomic E-state index is 14.1. The van der Waals surface area contributed by atoms with Crippen LogP contribution < -0.4 is 5.32 Å². The molecule has 4 rings (SSSR count). The SMILES string of the molecule is Cc1ccc(Sc2cnc(SCc3cccc(C)c3)nc2C(=O)Nc2ccccc2F)cc1. The molecule has 4 nitrogen and oxygen atoms in total. The standard InChI is InChI=1S/C26H22FN3OS2/c1-17-10-12-20(13-11-17)33-23-15-28-26(32-16-19-7-5-6-18(2)14-19)30-24(23)25(31)29-22-9-4-3-8-21(22)27/h3-15H,16H2,1-2H3,(H,29,31). The summed E-state index contributed by atoms with van der Waals surface area (Å²) in [5.74, 6) is -0.295. The van der Waals surface area contributed by atoms with Crippen molar-refractivity contribution in [2.24, 2.45) is 0 Å². The minimum atomic E-state index is -0.498. The Kier molecular flexibility index (Phi) is 7.42. The molecule has 0 aliphatic carbocycles. The average Bonchev–Trinajstić information content (AvgIpc) is 2.81. The molecule has 33 heavy (non-hydrogen) atoms. The normalized spacial score (nSPS) is 10.8. The molecule has 0 saturated heterocycles. The molecule has 7 heteroatoms. The zero-order valence-electron chi connectivity index (χ0n) is 18.2. The summed E-state index contributed by atoms with van der Waals surface area (Å²) in [6, 6.07) is 22.3. The first-order valence-electron chi connectivity index (χ1n) is 10.3. The van der Waals surface area contributed by atoms with Gasteiger partial charge < -0.3 is 5.32 Å². The number of carbonyl (C=O) groups excluding carboxylic acids is 1. The minimum absolute atomic E-state index is 0.112. The second-order valence-electron chi connectivity index (χ2n) is 7.49. The summed E-state index contributed by atoms with van der Waals surface area (Å²) in [5.41, 5.74) is 3.81. The van der Waals surface area contributed by atoms with Gasteiger partial charge >= 0.3 is 0 Å². The number of nitrogens with zero attached hydrogens (tertiary/aromatic N) is 2. The highest BCUT2D eigenvalue weighted by molar-refractivity contribution is 7.99. The molecule has 1 amide bonds. The lowest BCUT2D eigenvalue weighted by Crippen LogP contribution is -2.16. The van der Waals surface area contributed by atoms with Gasteiger partial charge in [-0.3, -0.25) is 4.79 Å². The highest BCUT2D eigenvalue weighted by Gasteiger charge is 2.18. The summed E-state index contributed by atoms with van der Waals surface area (Å²) in [6.07, 6.45) is 1.66. The van der Waals surface area contributed by atoms with Crippen LogP contribution >= 0.6 is 23.5 Å². The molecule has 0 atom stereocenters. The molecular formula is C26H22FN3OS2. The van der Waals surface area contributed by atoms with Gasteiger partial charge in [-0.25, -0.2) is 14.4 Å². The van der Waals surface area contributed by atoms with Gasteiger partial charge in [-0.15, -0.1) is 0 Å². The van der Waals surface area contributed by atoms with Crippen molar-refractivity contribution in [2.75, 3.05) is 5.32 Å². The molecule has 0 unspecified atom stereocenters. The van der Waals surface area contributed by atoms with Crippen LogP contribution in [0.25, 0.3) is 0 Å². The van der Waals surface area contributed by atoms with E-state index in [-0.39, 0.29) is 11.4 Å². The summed E-state index contributed by atoms with van der Waals surface area (Å²) >= 11 is 2.86. The Morgan fingerprint density at radius 2 is 1.76 bits per heavy atom. The van der Waals surface area contributed by atoms with Crippen LogP contribution in [-0.2, 0) is 5.75 Å². The fourth-order valence-electron chi connectivity index (χ4n) is 3.09. The van der Waals surface area contributed by atoms with Crippen LogP contribution in [0.3, 0.4) is 0 Å². The number of para-hydroxylation sites is 1. The number of thioether (sulfide) groups is 1. The molecule has 0 aliphatic rings. The third kappa shape index (κ3) is 6.21. The van der Waals surface area contributed by atoms with Gasteiger partial charge in [0.25, 0.3) is 5.91 Å². The fraction of sp³-hybridized carbons (Fsp3) is 0.115. The molecule has 1 N–H and O–H groups in total. The van der Waals surface area contributed by atoms with Crippen LogP contribution in [0.4, 0.5) is 10.1 Å². The quantitative estimate of drug-likeness (QED) is 0.232. The number of carbonyl (C=O) groups is 1. The Labute approximate surface area is 201 Å². The first-order chi connectivity index (χ1) is 16.0. The smallest absolute Gasteiger partial charge is 0.275 e. The predicted octanol–water partition coefficient (Wildman–Crippen LogP) is 6.93. The Hall–Kier alpha value is -3.16. The molecule has 0 bridgehead atoms. The highest BCUT2D eigenvalue weighted by Crippen LogP contribution is 2.31. The van der Waals surface area contributed by atoms with Crippen molar-refractivity contribution in [3.05, 3.63) is 107 Å². The van der Waals surface area contributed by atoms with Gasteiger partial charge in [0.1, 0.15) is 11.5 Å². The lowest BCUT2D eigenvalue weighted by Gasteiger charge is -2.11. The number of halogens is 1. The van der Waals surface area contributed by atoms with Crippen LogP contribution in [0.2, 0.25) is 0 Å². The van der Waals surface area contributed by atoms with E-state index in [1.54, 1.807) is 18.3 Å². The van der Waals surface area contributed by atoms with E-state index in [0.717, 1.165) is 16.0 Å². The number of rotatable bonds is 7. The van der Waals surface area contributed by atoms with Gasteiger partial charge in [-0.05, 0) is 43.7 Å². The molecule has 0 spiro atoms. The molecule has 0 aliphatic heterocycles. The third-order valence-corrected chi connectivity index (χ3v) is 6.73. The zero-order chi connectivity index (χ0) is 23.2. The van der Waals surface area contributed by atoms with Gasteiger partial charge in [0.05, 0.1) is 10.6 Å². The van der Waals surface area contributed by atoms with Crippen molar-refractivity contribution in [2.45, 2.75) is 34.5 Å². The van der Waals surface area contributed by atoms with Crippen molar-refractivity contribution >= 4 is 35.1 Å². The Bertz CT molecular complexity index is 1280. The highest BCUT2D eigenvalue weighted by atomic mass is 32.2. The largest absolute Gasteiger partial charge is 0.318 e.